The summed E-state index contributed by atoms with van der Waals surface area (Å²) in [6, 6.07) is 21.1. The number of aromatic nitrogens is 2. The lowest BCUT2D eigenvalue weighted by Gasteiger charge is -2.17. The van der Waals surface area contributed by atoms with Crippen LogP contribution in [0.25, 0.3) is 22.3 Å². The summed E-state index contributed by atoms with van der Waals surface area (Å²) in [7, 11) is 1.65. The van der Waals surface area contributed by atoms with Gasteiger partial charge in [-0.25, -0.2) is 4.98 Å². The maximum atomic E-state index is 13.9. The predicted octanol–water partition coefficient (Wildman–Crippen LogP) is 7.88. The molecule has 1 heterocycles. The molecule has 0 saturated carbocycles. The third-order valence-electron chi connectivity index (χ3n) is 7.38. The van der Waals surface area contributed by atoms with Crippen LogP contribution in [0.1, 0.15) is 48.9 Å². The first kappa shape index (κ1) is 32.6. The first-order valence-corrected chi connectivity index (χ1v) is 15.8. The van der Waals surface area contributed by atoms with Crippen molar-refractivity contribution < 1.29 is 19.1 Å². The summed E-state index contributed by atoms with van der Waals surface area (Å²) < 4.78 is 19.8. The van der Waals surface area contributed by atoms with E-state index in [2.05, 4.69) is 41.5 Å². The van der Waals surface area contributed by atoms with Crippen molar-refractivity contribution in [3.8, 4) is 28.6 Å². The number of ether oxygens (including phenoxy) is 3. The third-order valence-corrected chi connectivity index (χ3v) is 8.18. The maximum Gasteiger partial charge on any atom is 0.282 e. The van der Waals surface area contributed by atoms with E-state index in [9.17, 15) is 14.9 Å². The van der Waals surface area contributed by atoms with Crippen LogP contribution in [0.3, 0.4) is 0 Å². The fourth-order valence-electron chi connectivity index (χ4n) is 5.03. The highest BCUT2D eigenvalue weighted by atomic mass is 127. The summed E-state index contributed by atoms with van der Waals surface area (Å²) in [4.78, 5) is 29.3. The Hall–Kier alpha value is -4.78. The standard InChI is InChI=1S/C35H33IN4O6/c1-6-45-32-17-24(16-29(36)33(32)46-20-23-11-13-25(14-12-23)40(42)43)19-37-39-34(38-30-10-8-7-9-26(30)35(39)41)28-18-27(21(2)3)31(44-5)15-22(28)4/h7-19,21H,6,20H2,1-5H3. The molecule has 0 spiro atoms. The van der Waals surface area contributed by atoms with Gasteiger partial charge in [0, 0.05) is 17.7 Å². The number of aryl methyl sites for hydroxylation is 1. The second kappa shape index (κ2) is 14.1. The number of hydrogen-bond acceptors (Lipinski definition) is 8. The highest BCUT2D eigenvalue weighted by molar-refractivity contribution is 14.1. The maximum absolute atomic E-state index is 13.9. The van der Waals surface area contributed by atoms with Crippen LogP contribution in [0.2, 0.25) is 0 Å². The van der Waals surface area contributed by atoms with Crippen molar-refractivity contribution in [3.63, 3.8) is 0 Å². The number of fused-ring (bicyclic) bond motifs is 1. The minimum atomic E-state index is -0.437. The van der Waals surface area contributed by atoms with Crippen molar-refractivity contribution in [2.45, 2.75) is 40.2 Å². The van der Waals surface area contributed by atoms with E-state index in [-0.39, 0.29) is 23.8 Å². The molecule has 0 unspecified atom stereocenters. The molecule has 0 atom stereocenters. The highest BCUT2D eigenvalue weighted by Crippen LogP contribution is 2.36. The third kappa shape index (κ3) is 6.89. The molecule has 0 aliphatic heterocycles. The molecular weight excluding hydrogens is 699 g/mol. The van der Waals surface area contributed by atoms with Gasteiger partial charge in [0.2, 0.25) is 0 Å². The number of hydrogen-bond donors (Lipinski definition) is 0. The SMILES string of the molecule is CCOc1cc(C=Nn2c(-c3cc(C(C)C)c(OC)cc3C)nc3ccccc3c2=O)cc(I)c1OCc1ccc([N+](=O)[O-])cc1. The van der Waals surface area contributed by atoms with Crippen LogP contribution in [-0.2, 0) is 6.61 Å². The van der Waals surface area contributed by atoms with Crippen molar-refractivity contribution in [2.24, 2.45) is 5.10 Å². The zero-order valence-electron chi connectivity index (χ0n) is 26.1. The Balaban J connectivity index is 1.56. The molecule has 0 radical (unpaired) electrons. The molecule has 0 amide bonds. The molecule has 0 bridgehead atoms. The first-order valence-electron chi connectivity index (χ1n) is 14.7. The predicted molar refractivity (Wildman–Crippen MR) is 188 cm³/mol. The molecule has 0 aliphatic carbocycles. The number of nitro groups is 1. The smallest absolute Gasteiger partial charge is 0.282 e. The van der Waals surface area contributed by atoms with E-state index in [0.29, 0.717) is 40.4 Å². The molecule has 0 N–H and O–H groups in total. The van der Waals surface area contributed by atoms with Gasteiger partial charge in [-0.15, -0.1) is 0 Å². The van der Waals surface area contributed by atoms with Gasteiger partial charge in [0.25, 0.3) is 11.2 Å². The lowest BCUT2D eigenvalue weighted by atomic mass is 9.96. The Bertz CT molecular complexity index is 2000. The Morgan fingerprint density at radius 2 is 1.78 bits per heavy atom. The van der Waals surface area contributed by atoms with E-state index in [0.717, 1.165) is 31.6 Å². The summed E-state index contributed by atoms with van der Waals surface area (Å²) in [5.74, 6) is 2.43. The number of non-ortho nitro benzene ring substituents is 1. The molecule has 0 aliphatic rings. The number of benzene rings is 4. The fourth-order valence-corrected chi connectivity index (χ4v) is 5.81. The quantitative estimate of drug-likeness (QED) is 0.0587. The molecule has 0 fully saturated rings. The Kier molecular flexibility index (Phi) is 10.0. The van der Waals surface area contributed by atoms with E-state index in [1.165, 1.54) is 16.8 Å². The van der Waals surface area contributed by atoms with Gasteiger partial charge in [0.15, 0.2) is 17.3 Å². The molecule has 11 heteroatoms. The minimum absolute atomic E-state index is 0.0170. The van der Waals surface area contributed by atoms with E-state index in [1.807, 2.05) is 44.2 Å². The summed E-state index contributed by atoms with van der Waals surface area (Å²) in [6.45, 7) is 8.62. The van der Waals surface area contributed by atoms with E-state index in [4.69, 9.17) is 19.2 Å². The van der Waals surface area contributed by atoms with Gasteiger partial charge in [-0.3, -0.25) is 14.9 Å². The largest absolute Gasteiger partial charge is 0.496 e. The van der Waals surface area contributed by atoms with Crippen LogP contribution >= 0.6 is 22.6 Å². The van der Waals surface area contributed by atoms with Gasteiger partial charge in [0.1, 0.15) is 12.4 Å². The monoisotopic (exact) mass is 732 g/mol. The molecular formula is C35H33IN4O6. The van der Waals surface area contributed by atoms with Gasteiger partial charge in [-0.2, -0.15) is 9.78 Å². The highest BCUT2D eigenvalue weighted by Gasteiger charge is 2.19. The normalized spacial score (nSPS) is 11.4. The van der Waals surface area contributed by atoms with Crippen LogP contribution in [0.4, 0.5) is 5.69 Å². The molecule has 4 aromatic carbocycles. The van der Waals surface area contributed by atoms with Crippen molar-refractivity contribution in [2.75, 3.05) is 13.7 Å². The molecule has 1 aromatic heterocycles. The lowest BCUT2D eigenvalue weighted by Crippen LogP contribution is -2.21. The van der Waals surface area contributed by atoms with Crippen molar-refractivity contribution in [1.29, 1.82) is 0 Å². The number of rotatable bonds is 11. The Morgan fingerprint density at radius 3 is 2.46 bits per heavy atom. The average Bonchev–Trinajstić information content (AvgIpc) is 3.04. The molecule has 236 valence electrons. The van der Waals surface area contributed by atoms with Crippen LogP contribution in [0.15, 0.2) is 82.7 Å². The van der Waals surface area contributed by atoms with Gasteiger partial charge >= 0.3 is 0 Å². The average molecular weight is 733 g/mol. The number of para-hydroxylation sites is 1. The summed E-state index contributed by atoms with van der Waals surface area (Å²) in [5, 5.41) is 16.1. The molecule has 46 heavy (non-hydrogen) atoms. The van der Waals surface area contributed by atoms with Crippen molar-refractivity contribution >= 4 is 45.4 Å². The van der Waals surface area contributed by atoms with E-state index >= 15 is 0 Å². The van der Waals surface area contributed by atoms with Crippen molar-refractivity contribution in [1.82, 2.24) is 9.66 Å². The zero-order valence-corrected chi connectivity index (χ0v) is 28.3. The molecule has 5 aromatic rings. The molecule has 0 saturated heterocycles. The van der Waals surface area contributed by atoms with Gasteiger partial charge in [-0.1, -0.05) is 26.0 Å². The van der Waals surface area contributed by atoms with Gasteiger partial charge in [0.05, 0.1) is 39.3 Å². The van der Waals surface area contributed by atoms with Gasteiger partial charge in [-0.05, 0) is 113 Å². The second-order valence-electron chi connectivity index (χ2n) is 10.9. The van der Waals surface area contributed by atoms with Gasteiger partial charge < -0.3 is 14.2 Å². The van der Waals surface area contributed by atoms with Crippen LogP contribution < -0.4 is 19.8 Å². The fraction of sp³-hybridized carbons (Fsp3) is 0.229. The Labute approximate surface area is 280 Å². The molecule has 10 nitrogen and oxygen atoms in total. The van der Waals surface area contributed by atoms with Crippen LogP contribution in [-0.4, -0.2) is 34.5 Å². The number of methoxy groups -OCH3 is 1. The topological polar surface area (TPSA) is 118 Å². The number of halogens is 1. The van der Waals surface area contributed by atoms with Crippen LogP contribution in [0.5, 0.6) is 17.2 Å². The molecule has 5 rings (SSSR count). The first-order chi connectivity index (χ1) is 22.1. The lowest BCUT2D eigenvalue weighted by molar-refractivity contribution is -0.384. The summed E-state index contributed by atoms with van der Waals surface area (Å²) in [6.07, 6.45) is 1.61. The summed E-state index contributed by atoms with van der Waals surface area (Å²) in [5.41, 5.74) is 4.46. The van der Waals surface area contributed by atoms with Crippen molar-refractivity contribution in [3.05, 3.63) is 119 Å². The number of nitro benzene ring substituents is 1. The Morgan fingerprint density at radius 1 is 1.04 bits per heavy atom. The number of nitrogens with zero attached hydrogens (tertiary/aromatic N) is 4. The zero-order chi connectivity index (χ0) is 33.0. The summed E-state index contributed by atoms with van der Waals surface area (Å²) >= 11 is 2.17. The minimum Gasteiger partial charge on any atom is -0.496 e. The van der Waals surface area contributed by atoms with E-state index < -0.39 is 4.92 Å². The van der Waals surface area contributed by atoms with E-state index in [1.54, 1.807) is 43.7 Å². The second-order valence-corrected chi connectivity index (χ2v) is 12.0. The van der Waals surface area contributed by atoms with Crippen LogP contribution in [0, 0.1) is 20.6 Å².